The van der Waals surface area contributed by atoms with Crippen molar-refractivity contribution >= 4 is 11.6 Å². The Labute approximate surface area is 205 Å². The lowest BCUT2D eigenvalue weighted by Gasteiger charge is -2.63. The van der Waals surface area contributed by atoms with E-state index in [-0.39, 0.29) is 0 Å². The van der Waals surface area contributed by atoms with E-state index in [1.165, 1.54) is 76.6 Å². The number of hydrogen-bond donors (Lipinski definition) is 2. The summed E-state index contributed by atoms with van der Waals surface area (Å²) in [6.07, 6.45) is 11.4. The highest BCUT2D eigenvalue weighted by Crippen LogP contribution is 2.66. The average molecular weight is 465 g/mol. The third-order valence-electron chi connectivity index (χ3n) is 10.1. The van der Waals surface area contributed by atoms with Gasteiger partial charge in [0.25, 0.3) is 0 Å². The Morgan fingerprint density at radius 3 is 2.27 bits per heavy atom. The van der Waals surface area contributed by atoms with E-state index in [1.807, 2.05) is 0 Å². The molecular weight excluding hydrogens is 424 g/mol. The van der Waals surface area contributed by atoms with E-state index >= 15 is 0 Å². The van der Waals surface area contributed by atoms with Crippen molar-refractivity contribution in [1.82, 2.24) is 0 Å². The number of rotatable bonds is 6. The number of quaternary nitrogens is 2. The van der Waals surface area contributed by atoms with E-state index < -0.39 is 0 Å². The lowest BCUT2D eigenvalue weighted by Crippen LogP contribution is -3.14. The summed E-state index contributed by atoms with van der Waals surface area (Å²) < 4.78 is 0. The smallest absolute Gasteiger partial charge is 0.103 e. The zero-order valence-electron chi connectivity index (χ0n) is 20.2. The molecule has 0 aromatic heterocycles. The standard InChI is InChI=1S/C30H39ClN2/c1-22(32-28-11-13-33(14-12-28)20-23-5-3-2-4-6-23)29-16-24-15-25(17-29)19-30(18-24,21-29)26-7-9-27(31)10-8-26/h2-10,22,24-25,28,32H,11-21H2,1H3/p+2/t22-,24-,25+,29?,30?/m0/s1. The first-order valence-corrected chi connectivity index (χ1v) is 13.9. The summed E-state index contributed by atoms with van der Waals surface area (Å²) in [5.41, 5.74) is 4.03. The Bertz CT molecular complexity index is 933. The van der Waals surface area contributed by atoms with Crippen molar-refractivity contribution in [1.29, 1.82) is 0 Å². The number of hydrogen-bond acceptors (Lipinski definition) is 0. The molecule has 33 heavy (non-hydrogen) atoms. The third kappa shape index (κ3) is 4.28. The van der Waals surface area contributed by atoms with Gasteiger partial charge in [-0.25, -0.2) is 0 Å². The molecule has 0 spiro atoms. The maximum atomic E-state index is 6.25. The summed E-state index contributed by atoms with van der Waals surface area (Å²) in [4.78, 5) is 1.77. The van der Waals surface area contributed by atoms with Gasteiger partial charge >= 0.3 is 0 Å². The van der Waals surface area contributed by atoms with E-state index in [1.54, 1.807) is 10.5 Å². The Morgan fingerprint density at radius 2 is 1.61 bits per heavy atom. The molecule has 3 heteroatoms. The normalized spacial score (nSPS) is 38.4. The lowest BCUT2D eigenvalue weighted by molar-refractivity contribution is -0.927. The molecule has 4 bridgehead atoms. The van der Waals surface area contributed by atoms with Crippen LogP contribution < -0.4 is 10.2 Å². The van der Waals surface area contributed by atoms with Gasteiger partial charge in [0.15, 0.2) is 0 Å². The highest BCUT2D eigenvalue weighted by Gasteiger charge is 2.61. The predicted molar refractivity (Wildman–Crippen MR) is 135 cm³/mol. The van der Waals surface area contributed by atoms with Gasteiger partial charge in [-0.05, 0) is 80.4 Å². The molecule has 1 heterocycles. The number of likely N-dealkylation sites (tertiary alicyclic amines) is 1. The fraction of sp³-hybridized carbons (Fsp3) is 0.600. The molecule has 0 radical (unpaired) electrons. The first kappa shape index (κ1) is 22.1. The van der Waals surface area contributed by atoms with E-state index in [0.717, 1.165) is 28.9 Å². The van der Waals surface area contributed by atoms with Crippen molar-refractivity contribution in [2.75, 3.05) is 13.1 Å². The van der Waals surface area contributed by atoms with Crippen molar-refractivity contribution in [3.05, 3.63) is 70.7 Å². The van der Waals surface area contributed by atoms with Crippen LogP contribution >= 0.6 is 11.6 Å². The molecule has 2 unspecified atom stereocenters. The molecular formula is C30H41ClN2+2. The molecule has 5 aliphatic rings. The lowest BCUT2D eigenvalue weighted by atomic mass is 9.41. The van der Waals surface area contributed by atoms with Gasteiger partial charge in [-0.2, -0.15) is 0 Å². The Hall–Kier alpha value is -1.35. The fourth-order valence-corrected chi connectivity index (χ4v) is 9.05. The Morgan fingerprint density at radius 1 is 0.939 bits per heavy atom. The number of benzene rings is 2. The molecule has 176 valence electrons. The molecule has 1 saturated heterocycles. The molecule has 1 aliphatic heterocycles. The third-order valence-corrected chi connectivity index (χ3v) is 10.4. The highest BCUT2D eigenvalue weighted by atomic mass is 35.5. The first-order chi connectivity index (χ1) is 16.0. The van der Waals surface area contributed by atoms with Gasteiger partial charge in [-0.3, -0.25) is 0 Å². The van der Waals surface area contributed by atoms with Crippen LogP contribution in [0.2, 0.25) is 5.02 Å². The summed E-state index contributed by atoms with van der Waals surface area (Å²) in [6, 6.07) is 21.6. The van der Waals surface area contributed by atoms with Crippen molar-refractivity contribution in [3.63, 3.8) is 0 Å². The van der Waals surface area contributed by atoms with Crippen LogP contribution in [-0.2, 0) is 12.0 Å². The molecule has 2 aromatic rings. The largest absolute Gasteiger partial charge is 0.341 e. The molecule has 5 fully saturated rings. The second-order valence-corrected chi connectivity index (χ2v) is 12.8. The summed E-state index contributed by atoms with van der Waals surface area (Å²) in [5.74, 6) is 1.88. The SMILES string of the molecule is C[C@H]([NH2+]C1CC[NH+](Cc2ccccc2)CC1)C12C[C@@H]3C[C@@H](CC(c4ccc(Cl)cc4)(C3)C1)C2. The zero-order chi connectivity index (χ0) is 22.5. The Kier molecular flexibility index (Phi) is 5.84. The molecule has 2 aromatic carbocycles. The minimum atomic E-state index is 0.417. The number of nitrogens with two attached hydrogens (primary N) is 1. The quantitative estimate of drug-likeness (QED) is 0.633. The van der Waals surface area contributed by atoms with Gasteiger partial charge in [-0.15, -0.1) is 0 Å². The molecule has 2 nitrogen and oxygen atoms in total. The van der Waals surface area contributed by atoms with Crippen LogP contribution in [0, 0.1) is 17.3 Å². The topological polar surface area (TPSA) is 21.1 Å². The van der Waals surface area contributed by atoms with Gasteiger partial charge in [0.1, 0.15) is 6.54 Å². The van der Waals surface area contributed by atoms with Crippen LogP contribution in [0.3, 0.4) is 0 Å². The molecule has 3 N–H and O–H groups in total. The van der Waals surface area contributed by atoms with Crippen molar-refractivity contribution in [2.45, 2.75) is 82.3 Å². The molecule has 5 atom stereocenters. The van der Waals surface area contributed by atoms with Crippen LogP contribution in [0.4, 0.5) is 0 Å². The second-order valence-electron chi connectivity index (χ2n) is 12.3. The number of nitrogens with one attached hydrogen (secondary N) is 1. The van der Waals surface area contributed by atoms with E-state index in [2.05, 4.69) is 66.8 Å². The van der Waals surface area contributed by atoms with Gasteiger partial charge in [0, 0.05) is 28.8 Å². The summed E-state index contributed by atoms with van der Waals surface area (Å²) in [7, 11) is 0. The summed E-state index contributed by atoms with van der Waals surface area (Å²) in [5, 5.41) is 3.71. The van der Waals surface area contributed by atoms with Crippen LogP contribution in [0.15, 0.2) is 54.6 Å². The first-order valence-electron chi connectivity index (χ1n) is 13.5. The second kappa shape index (κ2) is 8.70. The zero-order valence-corrected chi connectivity index (χ0v) is 21.0. The van der Waals surface area contributed by atoms with Crippen LogP contribution in [-0.4, -0.2) is 25.2 Å². The van der Waals surface area contributed by atoms with E-state index in [0.29, 0.717) is 10.8 Å². The van der Waals surface area contributed by atoms with E-state index in [9.17, 15) is 0 Å². The van der Waals surface area contributed by atoms with E-state index in [4.69, 9.17) is 11.6 Å². The average Bonchev–Trinajstić information content (AvgIpc) is 2.80. The summed E-state index contributed by atoms with van der Waals surface area (Å²) in [6.45, 7) is 6.44. The molecule has 4 saturated carbocycles. The van der Waals surface area contributed by atoms with Gasteiger partial charge in [-0.1, -0.05) is 54.1 Å². The van der Waals surface area contributed by atoms with Crippen LogP contribution in [0.5, 0.6) is 0 Å². The Balaban J connectivity index is 1.12. The van der Waals surface area contributed by atoms with Crippen LogP contribution in [0.1, 0.15) is 69.4 Å². The van der Waals surface area contributed by atoms with Crippen molar-refractivity contribution in [2.24, 2.45) is 17.3 Å². The number of piperidine rings is 1. The van der Waals surface area contributed by atoms with Crippen molar-refractivity contribution in [3.8, 4) is 0 Å². The number of halogens is 1. The minimum Gasteiger partial charge on any atom is -0.341 e. The monoisotopic (exact) mass is 464 g/mol. The maximum Gasteiger partial charge on any atom is 0.103 e. The predicted octanol–water partition coefficient (Wildman–Crippen LogP) is 4.38. The molecule has 7 rings (SSSR count). The fourth-order valence-electron chi connectivity index (χ4n) is 8.92. The minimum absolute atomic E-state index is 0.417. The van der Waals surface area contributed by atoms with Gasteiger partial charge in [0.2, 0.25) is 0 Å². The highest BCUT2D eigenvalue weighted by molar-refractivity contribution is 6.30. The van der Waals surface area contributed by atoms with Gasteiger partial charge < -0.3 is 10.2 Å². The van der Waals surface area contributed by atoms with Crippen LogP contribution in [0.25, 0.3) is 0 Å². The van der Waals surface area contributed by atoms with Gasteiger partial charge in [0.05, 0.1) is 25.2 Å². The van der Waals surface area contributed by atoms with Crippen molar-refractivity contribution < 1.29 is 10.2 Å². The molecule has 0 amide bonds. The summed E-state index contributed by atoms with van der Waals surface area (Å²) >= 11 is 6.25. The molecule has 4 aliphatic carbocycles. The maximum absolute atomic E-state index is 6.25.